The lowest BCUT2D eigenvalue weighted by atomic mass is 10.2. The molecule has 0 spiro atoms. The van der Waals surface area contributed by atoms with E-state index in [2.05, 4.69) is 26.6 Å². The van der Waals surface area contributed by atoms with Gasteiger partial charge in [-0.2, -0.15) is 0 Å². The second kappa shape index (κ2) is 10.8. The molecular formula is C22H24BrN3O4. The fraction of sp³-hybridized carbons (Fsp3) is 0.318. The lowest BCUT2D eigenvalue weighted by molar-refractivity contribution is -0.127. The first-order chi connectivity index (χ1) is 14.5. The van der Waals surface area contributed by atoms with Crippen molar-refractivity contribution >= 4 is 39.3 Å². The number of anilines is 1. The molecule has 3 rings (SSSR count). The van der Waals surface area contributed by atoms with Crippen LogP contribution in [0.25, 0.3) is 0 Å². The molecule has 0 aliphatic carbocycles. The van der Waals surface area contributed by atoms with E-state index in [1.807, 2.05) is 17.0 Å². The van der Waals surface area contributed by atoms with Crippen LogP contribution in [-0.2, 0) is 9.59 Å². The van der Waals surface area contributed by atoms with Gasteiger partial charge in [0.15, 0.2) is 6.61 Å². The number of carbonyl (C=O) groups excluding carboxylic acids is 3. The van der Waals surface area contributed by atoms with Gasteiger partial charge in [-0.25, -0.2) is 0 Å². The predicted octanol–water partition coefficient (Wildman–Crippen LogP) is 3.21. The van der Waals surface area contributed by atoms with Gasteiger partial charge in [0, 0.05) is 36.2 Å². The molecule has 2 N–H and O–H groups in total. The first-order valence-corrected chi connectivity index (χ1v) is 10.7. The number of rotatable bonds is 9. The smallest absolute Gasteiger partial charge is 0.262 e. The highest BCUT2D eigenvalue weighted by atomic mass is 79.9. The first kappa shape index (κ1) is 21.8. The van der Waals surface area contributed by atoms with Crippen molar-refractivity contribution in [3.8, 4) is 5.75 Å². The van der Waals surface area contributed by atoms with E-state index in [1.54, 1.807) is 36.4 Å². The Morgan fingerprint density at radius 2 is 1.87 bits per heavy atom. The second-order valence-corrected chi connectivity index (χ2v) is 7.85. The maximum atomic E-state index is 12.5. The molecule has 0 radical (unpaired) electrons. The summed E-state index contributed by atoms with van der Waals surface area (Å²) in [5.74, 6) is -0.0633. The summed E-state index contributed by atoms with van der Waals surface area (Å²) in [5.41, 5.74) is 1.03. The molecule has 7 nitrogen and oxygen atoms in total. The number of nitrogens with one attached hydrogen (secondary N) is 2. The third-order valence-electron chi connectivity index (χ3n) is 4.68. The number of nitrogens with zero attached hydrogens (tertiary/aromatic N) is 1. The summed E-state index contributed by atoms with van der Waals surface area (Å²) in [6, 6.07) is 14.0. The van der Waals surface area contributed by atoms with Crippen LogP contribution < -0.4 is 15.4 Å². The molecule has 1 saturated heterocycles. The Hall–Kier alpha value is -2.87. The van der Waals surface area contributed by atoms with Crippen LogP contribution in [0, 0.1) is 0 Å². The Bertz CT molecular complexity index is 902. The van der Waals surface area contributed by atoms with E-state index in [0.717, 1.165) is 17.4 Å². The fourth-order valence-corrected chi connectivity index (χ4v) is 3.43. The molecule has 1 fully saturated rings. The van der Waals surface area contributed by atoms with Gasteiger partial charge >= 0.3 is 0 Å². The molecule has 0 atom stereocenters. The van der Waals surface area contributed by atoms with E-state index in [9.17, 15) is 14.4 Å². The molecule has 3 amide bonds. The van der Waals surface area contributed by atoms with Crippen LogP contribution in [0.15, 0.2) is 53.0 Å². The molecule has 158 valence electrons. The van der Waals surface area contributed by atoms with Gasteiger partial charge in [-0.3, -0.25) is 14.4 Å². The average molecular weight is 474 g/mol. The van der Waals surface area contributed by atoms with Crippen LogP contribution in [-0.4, -0.2) is 48.9 Å². The summed E-state index contributed by atoms with van der Waals surface area (Å²) < 4.78 is 6.50. The Morgan fingerprint density at radius 1 is 1.10 bits per heavy atom. The van der Waals surface area contributed by atoms with E-state index in [0.29, 0.717) is 42.9 Å². The molecular weight excluding hydrogens is 450 g/mol. The van der Waals surface area contributed by atoms with Crippen molar-refractivity contribution in [2.45, 2.75) is 19.3 Å². The van der Waals surface area contributed by atoms with Gasteiger partial charge in [-0.1, -0.05) is 28.1 Å². The molecule has 1 aliphatic heterocycles. The van der Waals surface area contributed by atoms with E-state index >= 15 is 0 Å². The van der Waals surface area contributed by atoms with E-state index in [1.165, 1.54) is 0 Å². The predicted molar refractivity (Wildman–Crippen MR) is 117 cm³/mol. The third-order valence-corrected chi connectivity index (χ3v) is 5.21. The van der Waals surface area contributed by atoms with Crippen molar-refractivity contribution in [1.29, 1.82) is 0 Å². The maximum absolute atomic E-state index is 12.5. The van der Waals surface area contributed by atoms with Gasteiger partial charge in [0.25, 0.3) is 11.8 Å². The molecule has 30 heavy (non-hydrogen) atoms. The fourth-order valence-electron chi connectivity index (χ4n) is 3.16. The lowest BCUT2D eigenvalue weighted by Gasteiger charge is -2.15. The lowest BCUT2D eigenvalue weighted by Crippen LogP contribution is -2.31. The molecule has 0 aromatic heterocycles. The van der Waals surface area contributed by atoms with Crippen LogP contribution in [0.2, 0.25) is 0 Å². The zero-order valence-corrected chi connectivity index (χ0v) is 18.1. The van der Waals surface area contributed by atoms with Crippen LogP contribution in [0.5, 0.6) is 5.75 Å². The topological polar surface area (TPSA) is 87.7 Å². The molecule has 0 bridgehead atoms. The van der Waals surface area contributed by atoms with Gasteiger partial charge in [0.1, 0.15) is 5.75 Å². The molecule has 0 saturated carbocycles. The average Bonchev–Trinajstić information content (AvgIpc) is 3.16. The second-order valence-electron chi connectivity index (χ2n) is 6.93. The minimum atomic E-state index is -0.317. The van der Waals surface area contributed by atoms with Crippen LogP contribution in [0.4, 0.5) is 5.69 Å². The van der Waals surface area contributed by atoms with Crippen LogP contribution in [0.3, 0.4) is 0 Å². The van der Waals surface area contributed by atoms with E-state index in [4.69, 9.17) is 4.74 Å². The SMILES string of the molecule is O=C(COc1ccccc1C(=O)NCCCN1CCCC1=O)Nc1ccc(Br)cc1. The summed E-state index contributed by atoms with van der Waals surface area (Å²) in [5, 5.41) is 5.59. The Labute approximate surface area is 183 Å². The monoisotopic (exact) mass is 473 g/mol. The number of halogens is 1. The number of para-hydroxylation sites is 1. The number of hydrogen-bond acceptors (Lipinski definition) is 4. The summed E-state index contributed by atoms with van der Waals surface area (Å²) in [7, 11) is 0. The van der Waals surface area contributed by atoms with Crippen molar-refractivity contribution in [2.24, 2.45) is 0 Å². The number of ether oxygens (including phenoxy) is 1. The summed E-state index contributed by atoms with van der Waals surface area (Å²) >= 11 is 3.34. The zero-order chi connectivity index (χ0) is 21.3. The summed E-state index contributed by atoms with van der Waals surface area (Å²) in [6.07, 6.45) is 2.22. The number of amides is 3. The van der Waals surface area contributed by atoms with Gasteiger partial charge < -0.3 is 20.3 Å². The van der Waals surface area contributed by atoms with Crippen molar-refractivity contribution in [3.05, 3.63) is 58.6 Å². The van der Waals surface area contributed by atoms with Gasteiger partial charge in [-0.15, -0.1) is 0 Å². The first-order valence-electron chi connectivity index (χ1n) is 9.86. The highest BCUT2D eigenvalue weighted by Crippen LogP contribution is 2.18. The maximum Gasteiger partial charge on any atom is 0.262 e. The molecule has 2 aromatic rings. The number of hydrogen-bond donors (Lipinski definition) is 2. The number of likely N-dealkylation sites (tertiary alicyclic amines) is 1. The molecule has 1 heterocycles. The number of carbonyl (C=O) groups is 3. The number of benzene rings is 2. The van der Waals surface area contributed by atoms with E-state index < -0.39 is 0 Å². The van der Waals surface area contributed by atoms with Gasteiger partial charge in [0.2, 0.25) is 5.91 Å². The van der Waals surface area contributed by atoms with E-state index in [-0.39, 0.29) is 24.3 Å². The Balaban J connectivity index is 1.47. The van der Waals surface area contributed by atoms with Gasteiger partial charge in [0.05, 0.1) is 5.56 Å². The summed E-state index contributed by atoms with van der Waals surface area (Å²) in [4.78, 5) is 38.1. The zero-order valence-electron chi connectivity index (χ0n) is 16.5. The third kappa shape index (κ3) is 6.32. The van der Waals surface area contributed by atoms with Crippen molar-refractivity contribution in [2.75, 3.05) is 31.6 Å². The molecule has 1 aliphatic rings. The molecule has 8 heteroatoms. The normalized spacial score (nSPS) is 13.2. The highest BCUT2D eigenvalue weighted by Gasteiger charge is 2.19. The van der Waals surface area contributed by atoms with Crippen molar-refractivity contribution in [1.82, 2.24) is 10.2 Å². The van der Waals surface area contributed by atoms with Crippen molar-refractivity contribution in [3.63, 3.8) is 0 Å². The molecule has 0 unspecified atom stereocenters. The Kier molecular flexibility index (Phi) is 7.84. The van der Waals surface area contributed by atoms with Crippen LogP contribution in [0.1, 0.15) is 29.6 Å². The Morgan fingerprint density at radius 3 is 2.60 bits per heavy atom. The summed E-state index contributed by atoms with van der Waals surface area (Å²) in [6.45, 7) is 1.69. The quantitative estimate of drug-likeness (QED) is 0.547. The standard InChI is InChI=1S/C22H24BrN3O4/c23-16-8-10-17(11-9-16)25-20(27)15-30-19-6-2-1-5-18(19)22(29)24-12-4-14-26-13-3-7-21(26)28/h1-2,5-6,8-11H,3-4,7,12-15H2,(H,24,29)(H,25,27). The minimum absolute atomic E-state index is 0.182. The highest BCUT2D eigenvalue weighted by molar-refractivity contribution is 9.10. The van der Waals surface area contributed by atoms with Crippen LogP contribution >= 0.6 is 15.9 Å². The van der Waals surface area contributed by atoms with Crippen molar-refractivity contribution < 1.29 is 19.1 Å². The molecule has 2 aromatic carbocycles. The minimum Gasteiger partial charge on any atom is -0.483 e. The largest absolute Gasteiger partial charge is 0.483 e. The van der Waals surface area contributed by atoms with Gasteiger partial charge in [-0.05, 0) is 49.2 Å².